The van der Waals surface area contributed by atoms with Crippen molar-refractivity contribution in [2.45, 2.75) is 38.6 Å². The first-order chi connectivity index (χ1) is 14.3. The Balaban J connectivity index is 1.67. The van der Waals surface area contributed by atoms with Gasteiger partial charge in [-0.15, -0.1) is 0 Å². The predicted molar refractivity (Wildman–Crippen MR) is 116 cm³/mol. The molecule has 30 heavy (non-hydrogen) atoms. The lowest BCUT2D eigenvalue weighted by Crippen LogP contribution is -2.49. The summed E-state index contributed by atoms with van der Waals surface area (Å²) in [5.74, 6) is 1.08. The molecule has 1 aromatic heterocycles. The van der Waals surface area contributed by atoms with Crippen molar-refractivity contribution in [3.05, 3.63) is 53.5 Å². The maximum Gasteiger partial charge on any atom is 0.254 e. The van der Waals surface area contributed by atoms with Gasteiger partial charge in [0.2, 0.25) is 10.0 Å². The highest BCUT2D eigenvalue weighted by molar-refractivity contribution is 7.89. The molecule has 1 aromatic carbocycles. The van der Waals surface area contributed by atoms with Crippen LogP contribution >= 0.6 is 0 Å². The number of rotatable bonds is 8. The van der Waals surface area contributed by atoms with Crippen LogP contribution in [-0.2, 0) is 16.6 Å². The monoisotopic (exact) mass is 433 g/mol. The molecule has 0 aliphatic carbocycles. The number of sulfonamides is 1. The molecule has 0 saturated carbocycles. The van der Waals surface area contributed by atoms with Gasteiger partial charge < -0.3 is 9.32 Å². The summed E-state index contributed by atoms with van der Waals surface area (Å²) in [5.41, 5.74) is 1.21. The third-order valence-electron chi connectivity index (χ3n) is 5.45. The number of piperazine rings is 1. The topological polar surface area (TPSA) is 82.9 Å². The fourth-order valence-electron chi connectivity index (χ4n) is 3.45. The van der Waals surface area contributed by atoms with E-state index in [0.29, 0.717) is 30.3 Å². The predicted octanol–water partition coefficient (Wildman–Crippen LogP) is 2.87. The lowest BCUT2D eigenvalue weighted by molar-refractivity contribution is 0.0631. The van der Waals surface area contributed by atoms with Crippen LogP contribution in [-0.4, -0.2) is 56.8 Å². The van der Waals surface area contributed by atoms with Gasteiger partial charge in [0.15, 0.2) is 0 Å². The summed E-state index contributed by atoms with van der Waals surface area (Å²) in [5, 5.41) is 0. The molecule has 2 aromatic rings. The molecular formula is C22H31N3O4S. The second-order valence-corrected chi connectivity index (χ2v) is 9.96. The Morgan fingerprint density at radius 2 is 1.90 bits per heavy atom. The fourth-order valence-corrected chi connectivity index (χ4v) is 4.47. The number of carbonyl (C=O) groups is 1. The lowest BCUT2D eigenvalue weighted by Gasteiger charge is -2.35. The standard InChI is InChI=1S/C22H31N3O4S/c1-17(2)8-9-24-10-12-25(13-11-24)22(26)21-15-20(7-6-18(21)3)30(27,28)23-16-19-5-4-14-29-19/h4-7,14-15,17,23H,8-13,16H2,1-3H3. The second kappa shape index (κ2) is 9.76. The average Bonchev–Trinajstić information content (AvgIpc) is 3.25. The third kappa shape index (κ3) is 5.71. The molecule has 3 rings (SSSR count). The maximum absolute atomic E-state index is 13.1. The van der Waals surface area contributed by atoms with Gasteiger partial charge in [-0.1, -0.05) is 19.9 Å². The Kier molecular flexibility index (Phi) is 7.33. The number of furan rings is 1. The molecule has 1 fully saturated rings. The van der Waals surface area contributed by atoms with Crippen molar-refractivity contribution in [1.82, 2.24) is 14.5 Å². The summed E-state index contributed by atoms with van der Waals surface area (Å²) >= 11 is 0. The second-order valence-electron chi connectivity index (χ2n) is 8.20. The van der Waals surface area contributed by atoms with E-state index in [-0.39, 0.29) is 17.3 Å². The molecule has 0 spiro atoms. The number of hydrogen-bond donors (Lipinski definition) is 1. The van der Waals surface area contributed by atoms with Crippen molar-refractivity contribution >= 4 is 15.9 Å². The summed E-state index contributed by atoms with van der Waals surface area (Å²) < 4.78 is 33.0. The van der Waals surface area contributed by atoms with Crippen molar-refractivity contribution in [3.63, 3.8) is 0 Å². The molecule has 1 aliphatic rings. The van der Waals surface area contributed by atoms with Crippen LogP contribution in [0.5, 0.6) is 0 Å². The zero-order valence-corrected chi connectivity index (χ0v) is 18.7. The first-order valence-electron chi connectivity index (χ1n) is 10.4. The minimum Gasteiger partial charge on any atom is -0.468 e. The first-order valence-corrected chi connectivity index (χ1v) is 11.9. The molecule has 0 unspecified atom stereocenters. The van der Waals surface area contributed by atoms with Gasteiger partial charge in [-0.2, -0.15) is 0 Å². The molecule has 1 saturated heterocycles. The van der Waals surface area contributed by atoms with E-state index in [1.54, 1.807) is 18.2 Å². The van der Waals surface area contributed by atoms with Crippen LogP contribution in [0.15, 0.2) is 45.9 Å². The van der Waals surface area contributed by atoms with Crippen LogP contribution in [0, 0.1) is 12.8 Å². The molecule has 1 N–H and O–H groups in total. The summed E-state index contributed by atoms with van der Waals surface area (Å²) in [6.45, 7) is 10.4. The zero-order valence-electron chi connectivity index (χ0n) is 17.9. The number of nitrogens with zero attached hydrogens (tertiary/aromatic N) is 2. The molecule has 1 aliphatic heterocycles. The minimum absolute atomic E-state index is 0.0603. The average molecular weight is 434 g/mol. The normalized spacial score (nSPS) is 15.7. The van der Waals surface area contributed by atoms with E-state index in [4.69, 9.17) is 4.42 Å². The Labute approximate surface area is 179 Å². The van der Waals surface area contributed by atoms with Gasteiger partial charge in [-0.25, -0.2) is 13.1 Å². The largest absolute Gasteiger partial charge is 0.468 e. The van der Waals surface area contributed by atoms with E-state index >= 15 is 0 Å². The number of aryl methyl sites for hydroxylation is 1. The van der Waals surface area contributed by atoms with E-state index in [0.717, 1.165) is 31.6 Å². The van der Waals surface area contributed by atoms with Crippen LogP contribution in [0.4, 0.5) is 0 Å². The summed E-state index contributed by atoms with van der Waals surface area (Å²) in [7, 11) is -3.75. The molecule has 7 nitrogen and oxygen atoms in total. The Hall–Kier alpha value is -2.16. The quantitative estimate of drug-likeness (QED) is 0.692. The molecule has 0 radical (unpaired) electrons. The van der Waals surface area contributed by atoms with Gasteiger partial charge in [0.05, 0.1) is 17.7 Å². The van der Waals surface area contributed by atoms with Crippen molar-refractivity contribution < 1.29 is 17.6 Å². The number of carbonyl (C=O) groups excluding carboxylic acids is 1. The minimum atomic E-state index is -3.75. The highest BCUT2D eigenvalue weighted by Gasteiger charge is 2.25. The van der Waals surface area contributed by atoms with Crippen LogP contribution < -0.4 is 4.72 Å². The highest BCUT2D eigenvalue weighted by atomic mass is 32.2. The first kappa shape index (κ1) is 22.5. The zero-order chi connectivity index (χ0) is 21.7. The van der Waals surface area contributed by atoms with Gasteiger partial charge in [0, 0.05) is 31.7 Å². The van der Waals surface area contributed by atoms with E-state index < -0.39 is 10.0 Å². The van der Waals surface area contributed by atoms with Crippen molar-refractivity contribution in [1.29, 1.82) is 0 Å². The molecule has 0 atom stereocenters. The van der Waals surface area contributed by atoms with E-state index in [2.05, 4.69) is 23.5 Å². The molecule has 164 valence electrons. The summed E-state index contributed by atoms with van der Waals surface area (Å²) in [6.07, 6.45) is 2.65. The number of benzene rings is 1. The highest BCUT2D eigenvalue weighted by Crippen LogP contribution is 2.19. The number of nitrogens with one attached hydrogen (secondary N) is 1. The summed E-state index contributed by atoms with van der Waals surface area (Å²) in [6, 6.07) is 8.10. The lowest BCUT2D eigenvalue weighted by atomic mass is 10.1. The Morgan fingerprint density at radius 1 is 1.17 bits per heavy atom. The van der Waals surface area contributed by atoms with E-state index in [9.17, 15) is 13.2 Å². The van der Waals surface area contributed by atoms with Crippen LogP contribution in [0.1, 0.15) is 41.9 Å². The maximum atomic E-state index is 13.1. The van der Waals surface area contributed by atoms with Gasteiger partial charge >= 0.3 is 0 Å². The molecule has 2 heterocycles. The molecular weight excluding hydrogens is 402 g/mol. The summed E-state index contributed by atoms with van der Waals surface area (Å²) in [4.78, 5) is 17.4. The Bertz CT molecular complexity index is 947. The number of amides is 1. The molecule has 8 heteroatoms. The SMILES string of the molecule is Cc1ccc(S(=O)(=O)NCc2ccco2)cc1C(=O)N1CCN(CCC(C)C)CC1. The van der Waals surface area contributed by atoms with Crippen LogP contribution in [0.25, 0.3) is 0 Å². The third-order valence-corrected chi connectivity index (χ3v) is 6.85. The van der Waals surface area contributed by atoms with Crippen molar-refractivity contribution in [2.75, 3.05) is 32.7 Å². The van der Waals surface area contributed by atoms with Gasteiger partial charge in [-0.3, -0.25) is 9.69 Å². The Morgan fingerprint density at radius 3 is 2.53 bits per heavy atom. The van der Waals surface area contributed by atoms with E-state index in [1.165, 1.54) is 18.4 Å². The smallest absolute Gasteiger partial charge is 0.254 e. The van der Waals surface area contributed by atoms with Gasteiger partial charge in [-0.05, 0) is 55.6 Å². The molecule has 0 bridgehead atoms. The number of hydrogen-bond acceptors (Lipinski definition) is 5. The van der Waals surface area contributed by atoms with Crippen molar-refractivity contribution in [2.24, 2.45) is 5.92 Å². The van der Waals surface area contributed by atoms with E-state index in [1.807, 2.05) is 11.8 Å². The van der Waals surface area contributed by atoms with Crippen LogP contribution in [0.3, 0.4) is 0 Å². The van der Waals surface area contributed by atoms with Gasteiger partial charge in [0.25, 0.3) is 5.91 Å². The van der Waals surface area contributed by atoms with Gasteiger partial charge in [0.1, 0.15) is 5.76 Å². The van der Waals surface area contributed by atoms with Crippen molar-refractivity contribution in [3.8, 4) is 0 Å². The fraction of sp³-hybridized carbons (Fsp3) is 0.500. The van der Waals surface area contributed by atoms with Crippen LogP contribution in [0.2, 0.25) is 0 Å². The molecule has 1 amide bonds.